The molecule has 0 amide bonds. The van der Waals surface area contributed by atoms with Crippen LogP contribution in [-0.4, -0.2) is 16.6 Å². The fraction of sp³-hybridized carbons (Fsp3) is 0.308. The summed E-state index contributed by atoms with van der Waals surface area (Å²) in [5, 5.41) is 4.49. The Kier molecular flexibility index (Phi) is 2.59. The van der Waals surface area contributed by atoms with Crippen LogP contribution in [0.25, 0.3) is 11.3 Å². The molecule has 18 heavy (non-hydrogen) atoms. The van der Waals surface area contributed by atoms with Crippen molar-refractivity contribution in [1.82, 2.24) is 9.78 Å². The summed E-state index contributed by atoms with van der Waals surface area (Å²) in [6, 6.07) is 5.75. The lowest BCUT2D eigenvalue weighted by atomic mass is 10.1. The van der Waals surface area contributed by atoms with Crippen molar-refractivity contribution >= 4 is 5.69 Å². The standard InChI is InChI=1S/C13H15N3O2/c1-2-5-16-7-10(14)13(15-16)9-3-4-11-12(6-9)18-8-17-11/h3-4,6-7H,2,5,8,14H2,1H3. The summed E-state index contributed by atoms with van der Waals surface area (Å²) in [7, 11) is 0. The highest BCUT2D eigenvalue weighted by molar-refractivity contribution is 5.74. The molecule has 1 aliphatic rings. The number of fused-ring (bicyclic) bond motifs is 1. The number of aromatic nitrogens is 2. The van der Waals surface area contributed by atoms with Gasteiger partial charge in [0.15, 0.2) is 11.5 Å². The lowest BCUT2D eigenvalue weighted by Gasteiger charge is -2.01. The Morgan fingerprint density at radius 2 is 2.17 bits per heavy atom. The van der Waals surface area contributed by atoms with Crippen LogP contribution in [0.15, 0.2) is 24.4 Å². The van der Waals surface area contributed by atoms with Crippen LogP contribution in [0, 0.1) is 0 Å². The van der Waals surface area contributed by atoms with Gasteiger partial charge in [0.25, 0.3) is 0 Å². The highest BCUT2D eigenvalue weighted by Gasteiger charge is 2.16. The quantitative estimate of drug-likeness (QED) is 0.901. The molecule has 0 radical (unpaired) electrons. The fourth-order valence-electron chi connectivity index (χ4n) is 2.05. The number of hydrogen-bond donors (Lipinski definition) is 1. The molecule has 0 aliphatic carbocycles. The molecule has 94 valence electrons. The van der Waals surface area contributed by atoms with Crippen LogP contribution in [0.3, 0.4) is 0 Å². The lowest BCUT2D eigenvalue weighted by Crippen LogP contribution is -1.96. The molecule has 2 heterocycles. The second kappa shape index (κ2) is 4.25. The van der Waals surface area contributed by atoms with Gasteiger partial charge in [-0.25, -0.2) is 0 Å². The molecular weight excluding hydrogens is 230 g/mol. The summed E-state index contributed by atoms with van der Waals surface area (Å²) in [5.74, 6) is 1.52. The number of ether oxygens (including phenoxy) is 2. The normalized spacial score (nSPS) is 12.9. The summed E-state index contributed by atoms with van der Waals surface area (Å²) in [4.78, 5) is 0. The second-order valence-electron chi connectivity index (χ2n) is 4.26. The molecule has 0 fully saturated rings. The van der Waals surface area contributed by atoms with E-state index in [0.29, 0.717) is 5.69 Å². The first-order valence-electron chi connectivity index (χ1n) is 6.01. The van der Waals surface area contributed by atoms with E-state index in [9.17, 15) is 0 Å². The first-order valence-corrected chi connectivity index (χ1v) is 6.01. The van der Waals surface area contributed by atoms with E-state index >= 15 is 0 Å². The van der Waals surface area contributed by atoms with Crippen molar-refractivity contribution in [2.45, 2.75) is 19.9 Å². The summed E-state index contributed by atoms with van der Waals surface area (Å²) < 4.78 is 12.5. The van der Waals surface area contributed by atoms with Crippen LogP contribution >= 0.6 is 0 Å². The van der Waals surface area contributed by atoms with Crippen LogP contribution in [0.2, 0.25) is 0 Å². The third kappa shape index (κ3) is 1.77. The Morgan fingerprint density at radius 3 is 3.00 bits per heavy atom. The van der Waals surface area contributed by atoms with Gasteiger partial charge in [-0.15, -0.1) is 0 Å². The van der Waals surface area contributed by atoms with Gasteiger partial charge in [0.1, 0.15) is 5.69 Å². The maximum atomic E-state index is 5.99. The highest BCUT2D eigenvalue weighted by atomic mass is 16.7. The molecule has 1 aromatic carbocycles. The minimum absolute atomic E-state index is 0.276. The molecule has 1 aliphatic heterocycles. The average molecular weight is 245 g/mol. The van der Waals surface area contributed by atoms with Crippen LogP contribution < -0.4 is 15.2 Å². The number of rotatable bonds is 3. The topological polar surface area (TPSA) is 62.3 Å². The fourth-order valence-corrected chi connectivity index (χ4v) is 2.05. The van der Waals surface area contributed by atoms with Crippen molar-refractivity contribution < 1.29 is 9.47 Å². The van der Waals surface area contributed by atoms with E-state index < -0.39 is 0 Å². The van der Waals surface area contributed by atoms with Crippen LogP contribution in [0.1, 0.15) is 13.3 Å². The zero-order valence-corrected chi connectivity index (χ0v) is 10.2. The molecule has 5 nitrogen and oxygen atoms in total. The van der Waals surface area contributed by atoms with Crippen molar-refractivity contribution in [3.63, 3.8) is 0 Å². The van der Waals surface area contributed by atoms with E-state index in [2.05, 4.69) is 12.0 Å². The third-order valence-electron chi connectivity index (χ3n) is 2.89. The van der Waals surface area contributed by atoms with Gasteiger partial charge in [0.05, 0.1) is 5.69 Å². The summed E-state index contributed by atoms with van der Waals surface area (Å²) in [6.45, 7) is 3.26. The van der Waals surface area contributed by atoms with Gasteiger partial charge in [0.2, 0.25) is 6.79 Å². The molecule has 0 unspecified atom stereocenters. The smallest absolute Gasteiger partial charge is 0.231 e. The van der Waals surface area contributed by atoms with Crippen molar-refractivity contribution in [1.29, 1.82) is 0 Å². The SMILES string of the molecule is CCCn1cc(N)c(-c2ccc3c(c2)OCO3)n1. The maximum absolute atomic E-state index is 5.99. The molecule has 0 saturated carbocycles. The summed E-state index contributed by atoms with van der Waals surface area (Å²) in [6.07, 6.45) is 2.89. The number of nitrogen functional groups attached to an aromatic ring is 1. The van der Waals surface area contributed by atoms with E-state index in [1.54, 1.807) is 0 Å². The van der Waals surface area contributed by atoms with Crippen LogP contribution in [0.4, 0.5) is 5.69 Å². The molecule has 2 N–H and O–H groups in total. The minimum atomic E-state index is 0.276. The van der Waals surface area contributed by atoms with Gasteiger partial charge in [-0.3, -0.25) is 4.68 Å². The predicted molar refractivity (Wildman–Crippen MR) is 68.5 cm³/mol. The number of hydrogen-bond acceptors (Lipinski definition) is 4. The monoisotopic (exact) mass is 245 g/mol. The molecule has 3 rings (SSSR count). The Bertz CT molecular complexity index is 578. The number of nitrogens with zero attached hydrogens (tertiary/aromatic N) is 2. The van der Waals surface area contributed by atoms with Crippen molar-refractivity contribution in [2.24, 2.45) is 0 Å². The van der Waals surface area contributed by atoms with Gasteiger partial charge < -0.3 is 15.2 Å². The van der Waals surface area contributed by atoms with Gasteiger partial charge >= 0.3 is 0 Å². The molecule has 0 saturated heterocycles. The van der Waals surface area contributed by atoms with E-state index in [1.807, 2.05) is 29.1 Å². The highest BCUT2D eigenvalue weighted by Crippen LogP contribution is 2.36. The minimum Gasteiger partial charge on any atom is -0.454 e. The number of anilines is 1. The van der Waals surface area contributed by atoms with Crippen molar-refractivity contribution in [3.05, 3.63) is 24.4 Å². The molecule has 2 aromatic rings. The largest absolute Gasteiger partial charge is 0.454 e. The second-order valence-corrected chi connectivity index (χ2v) is 4.26. The van der Waals surface area contributed by atoms with Crippen molar-refractivity contribution in [2.75, 3.05) is 12.5 Å². The van der Waals surface area contributed by atoms with Gasteiger partial charge in [-0.05, 0) is 24.6 Å². The van der Waals surface area contributed by atoms with Gasteiger partial charge in [-0.2, -0.15) is 5.10 Å². The first-order chi connectivity index (χ1) is 8.78. The van der Waals surface area contributed by atoms with E-state index in [4.69, 9.17) is 15.2 Å². The molecule has 0 spiro atoms. The summed E-state index contributed by atoms with van der Waals surface area (Å²) >= 11 is 0. The Morgan fingerprint density at radius 1 is 1.33 bits per heavy atom. The molecule has 0 atom stereocenters. The third-order valence-corrected chi connectivity index (χ3v) is 2.89. The summed E-state index contributed by atoms with van der Waals surface area (Å²) in [5.41, 5.74) is 8.42. The maximum Gasteiger partial charge on any atom is 0.231 e. The Hall–Kier alpha value is -2.17. The van der Waals surface area contributed by atoms with E-state index in [0.717, 1.165) is 35.7 Å². The molecular formula is C13H15N3O2. The van der Waals surface area contributed by atoms with Gasteiger partial charge in [0, 0.05) is 18.3 Å². The van der Waals surface area contributed by atoms with Gasteiger partial charge in [-0.1, -0.05) is 6.92 Å². The zero-order valence-electron chi connectivity index (χ0n) is 10.2. The lowest BCUT2D eigenvalue weighted by molar-refractivity contribution is 0.174. The van der Waals surface area contributed by atoms with E-state index in [1.165, 1.54) is 0 Å². The number of aryl methyl sites for hydroxylation is 1. The molecule has 1 aromatic heterocycles. The van der Waals surface area contributed by atoms with Crippen molar-refractivity contribution in [3.8, 4) is 22.8 Å². The zero-order chi connectivity index (χ0) is 12.5. The van der Waals surface area contributed by atoms with E-state index in [-0.39, 0.29) is 6.79 Å². The number of benzene rings is 1. The Labute approximate surface area is 105 Å². The van der Waals surface area contributed by atoms with Crippen LogP contribution in [0.5, 0.6) is 11.5 Å². The first kappa shape index (κ1) is 11.0. The molecule has 0 bridgehead atoms. The van der Waals surface area contributed by atoms with Crippen LogP contribution in [-0.2, 0) is 6.54 Å². The molecule has 5 heteroatoms. The Balaban J connectivity index is 1.99. The predicted octanol–water partition coefficient (Wildman–Crippen LogP) is 2.27. The average Bonchev–Trinajstić information content (AvgIpc) is 2.95. The number of nitrogens with two attached hydrogens (primary N) is 1.